The van der Waals surface area contributed by atoms with Crippen LogP contribution in [0, 0.1) is 0 Å². The van der Waals surface area contributed by atoms with Crippen molar-refractivity contribution in [3.8, 4) is 11.5 Å². The van der Waals surface area contributed by atoms with Crippen molar-refractivity contribution in [1.29, 1.82) is 0 Å². The van der Waals surface area contributed by atoms with E-state index in [1.165, 1.54) is 24.9 Å². The van der Waals surface area contributed by atoms with Gasteiger partial charge >= 0.3 is 0 Å². The Morgan fingerprint density at radius 3 is 3.00 bits per heavy atom. The molecule has 0 aromatic heterocycles. The minimum atomic E-state index is 0. The van der Waals surface area contributed by atoms with Crippen molar-refractivity contribution in [3.05, 3.63) is 23.3 Å². The molecular weight excluding hydrogens is 495 g/mol. The van der Waals surface area contributed by atoms with Crippen LogP contribution in [0.2, 0.25) is 0 Å². The highest BCUT2D eigenvalue weighted by molar-refractivity contribution is 14.0. The lowest BCUT2D eigenvalue weighted by atomic mass is 10.1. The number of ether oxygens (including phenoxy) is 3. The van der Waals surface area contributed by atoms with Crippen LogP contribution >= 0.6 is 24.0 Å². The van der Waals surface area contributed by atoms with Gasteiger partial charge in [0.05, 0.1) is 19.3 Å². The third-order valence-corrected chi connectivity index (χ3v) is 6.01. The van der Waals surface area contributed by atoms with Gasteiger partial charge in [-0.2, -0.15) is 0 Å². The Morgan fingerprint density at radius 1 is 1.33 bits per heavy atom. The maximum atomic E-state index is 6.04. The minimum Gasteiger partial charge on any atom is -0.494 e. The molecule has 3 aliphatic heterocycles. The number of nitrogens with one attached hydrogen (secondary N) is 2. The quantitative estimate of drug-likeness (QED) is 0.335. The van der Waals surface area contributed by atoms with Gasteiger partial charge in [-0.1, -0.05) is 0 Å². The number of morpholine rings is 1. The van der Waals surface area contributed by atoms with E-state index in [1.807, 2.05) is 6.92 Å². The molecule has 0 spiro atoms. The molecule has 168 valence electrons. The monoisotopic (exact) mass is 530 g/mol. The first-order valence-corrected chi connectivity index (χ1v) is 10.9. The molecule has 3 aliphatic rings. The second kappa shape index (κ2) is 10.9. The molecule has 7 nitrogen and oxygen atoms in total. The zero-order valence-electron chi connectivity index (χ0n) is 18.3. The summed E-state index contributed by atoms with van der Waals surface area (Å²) in [7, 11) is 1.80. The van der Waals surface area contributed by atoms with Crippen LogP contribution in [0.5, 0.6) is 11.5 Å². The second-order valence-electron chi connectivity index (χ2n) is 8.19. The highest BCUT2D eigenvalue weighted by atomic mass is 127. The van der Waals surface area contributed by atoms with Gasteiger partial charge in [0.1, 0.15) is 17.6 Å². The summed E-state index contributed by atoms with van der Waals surface area (Å²) in [6.45, 7) is 9.20. The van der Waals surface area contributed by atoms with E-state index in [2.05, 4.69) is 39.6 Å². The molecule has 0 bridgehead atoms. The number of hydrogen-bond acceptors (Lipinski definition) is 5. The van der Waals surface area contributed by atoms with E-state index in [-0.39, 0.29) is 36.2 Å². The Kier molecular flexibility index (Phi) is 8.47. The van der Waals surface area contributed by atoms with E-state index in [9.17, 15) is 0 Å². The molecule has 3 heterocycles. The Bertz CT molecular complexity index is 745. The molecule has 0 aliphatic carbocycles. The topological polar surface area (TPSA) is 67.4 Å². The molecule has 8 heteroatoms. The van der Waals surface area contributed by atoms with Crippen LogP contribution in [0.1, 0.15) is 37.8 Å². The molecule has 1 aromatic rings. The molecule has 2 fully saturated rings. The average molecular weight is 530 g/mol. The Hall–Kier alpha value is -1.26. The Labute approximate surface area is 196 Å². The van der Waals surface area contributed by atoms with Crippen LogP contribution in [0.15, 0.2) is 17.1 Å². The zero-order valence-corrected chi connectivity index (χ0v) is 20.6. The number of nitrogens with zero attached hydrogens (tertiary/aromatic N) is 2. The first-order valence-electron chi connectivity index (χ1n) is 10.9. The van der Waals surface area contributed by atoms with Crippen molar-refractivity contribution in [2.24, 2.45) is 4.99 Å². The lowest BCUT2D eigenvalue weighted by molar-refractivity contribution is -0.0453. The van der Waals surface area contributed by atoms with Crippen LogP contribution in [-0.4, -0.2) is 69.0 Å². The van der Waals surface area contributed by atoms with E-state index in [0.717, 1.165) is 49.1 Å². The highest BCUT2D eigenvalue weighted by Gasteiger charge is 2.32. The van der Waals surface area contributed by atoms with Gasteiger partial charge in [0.2, 0.25) is 0 Å². The van der Waals surface area contributed by atoms with E-state index in [1.54, 1.807) is 7.05 Å². The molecule has 4 rings (SSSR count). The van der Waals surface area contributed by atoms with E-state index >= 15 is 0 Å². The fraction of sp³-hybridized carbons (Fsp3) is 0.682. The molecule has 30 heavy (non-hydrogen) atoms. The molecule has 1 aromatic carbocycles. The zero-order chi connectivity index (χ0) is 20.2. The van der Waals surface area contributed by atoms with Gasteiger partial charge in [-0.05, 0) is 45.4 Å². The molecule has 3 atom stereocenters. The first-order chi connectivity index (χ1) is 14.2. The fourth-order valence-electron chi connectivity index (χ4n) is 4.53. The standard InChI is InChI=1S/C22H34N4O3.HI/c1-4-27-20-9-16-8-15(2)29-21(16)10-17(20)11-24-22(23-3)25-12-19-13-26-7-5-6-18(26)14-28-19;/h9-10,15,18-19H,4-8,11-14H2,1-3H3,(H2,23,24,25);1H. The van der Waals surface area contributed by atoms with Crippen LogP contribution in [0.3, 0.4) is 0 Å². The normalized spacial score (nSPS) is 25.7. The van der Waals surface area contributed by atoms with Gasteiger partial charge in [0, 0.05) is 50.3 Å². The van der Waals surface area contributed by atoms with Gasteiger partial charge in [-0.3, -0.25) is 9.89 Å². The fourth-order valence-corrected chi connectivity index (χ4v) is 4.53. The summed E-state index contributed by atoms with van der Waals surface area (Å²) in [5.74, 6) is 2.66. The van der Waals surface area contributed by atoms with Crippen LogP contribution in [-0.2, 0) is 17.7 Å². The van der Waals surface area contributed by atoms with E-state index in [4.69, 9.17) is 14.2 Å². The highest BCUT2D eigenvalue weighted by Crippen LogP contribution is 2.35. The maximum Gasteiger partial charge on any atom is 0.191 e. The number of halogens is 1. The number of aliphatic imine (C=N–C) groups is 1. The lowest BCUT2D eigenvalue weighted by Gasteiger charge is -2.35. The first kappa shape index (κ1) is 23.4. The summed E-state index contributed by atoms with van der Waals surface area (Å²) < 4.78 is 17.8. The number of hydrogen-bond donors (Lipinski definition) is 2. The molecular formula is C22H35IN4O3. The summed E-state index contributed by atoms with van der Waals surface area (Å²) in [5, 5.41) is 6.82. The third-order valence-electron chi connectivity index (χ3n) is 6.01. The molecule has 2 saturated heterocycles. The molecule has 2 N–H and O–H groups in total. The molecule has 0 radical (unpaired) electrons. The smallest absolute Gasteiger partial charge is 0.191 e. The summed E-state index contributed by atoms with van der Waals surface area (Å²) in [5.41, 5.74) is 2.30. The third kappa shape index (κ3) is 5.50. The van der Waals surface area contributed by atoms with E-state index < -0.39 is 0 Å². The second-order valence-corrected chi connectivity index (χ2v) is 8.19. The van der Waals surface area contributed by atoms with E-state index in [0.29, 0.717) is 19.2 Å². The largest absolute Gasteiger partial charge is 0.494 e. The molecule has 0 saturated carbocycles. The van der Waals surface area contributed by atoms with Gasteiger partial charge in [0.25, 0.3) is 0 Å². The van der Waals surface area contributed by atoms with Crippen molar-refractivity contribution in [2.75, 3.05) is 39.9 Å². The number of guanidine groups is 1. The maximum absolute atomic E-state index is 6.04. The summed E-state index contributed by atoms with van der Waals surface area (Å²) in [4.78, 5) is 6.93. The van der Waals surface area contributed by atoms with Crippen molar-refractivity contribution in [2.45, 2.75) is 57.9 Å². The lowest BCUT2D eigenvalue weighted by Crippen LogP contribution is -2.51. The summed E-state index contributed by atoms with van der Waals surface area (Å²) in [6.07, 6.45) is 3.93. The summed E-state index contributed by atoms with van der Waals surface area (Å²) >= 11 is 0. The van der Waals surface area contributed by atoms with Crippen molar-refractivity contribution in [3.63, 3.8) is 0 Å². The van der Waals surface area contributed by atoms with Crippen LogP contribution in [0.25, 0.3) is 0 Å². The van der Waals surface area contributed by atoms with Crippen molar-refractivity contribution in [1.82, 2.24) is 15.5 Å². The average Bonchev–Trinajstić information content (AvgIpc) is 3.32. The number of rotatable bonds is 6. The summed E-state index contributed by atoms with van der Waals surface area (Å²) in [6, 6.07) is 4.85. The predicted molar refractivity (Wildman–Crippen MR) is 129 cm³/mol. The van der Waals surface area contributed by atoms with Gasteiger partial charge in [-0.25, -0.2) is 0 Å². The Morgan fingerprint density at radius 2 is 2.20 bits per heavy atom. The minimum absolute atomic E-state index is 0. The predicted octanol–water partition coefficient (Wildman–Crippen LogP) is 2.55. The van der Waals surface area contributed by atoms with Crippen molar-refractivity contribution >= 4 is 29.9 Å². The number of benzene rings is 1. The SMILES string of the molecule is CCOc1cc2c(cc1CNC(=NC)NCC1CN3CCCC3CO1)OC(C)C2.I. The van der Waals surface area contributed by atoms with Crippen LogP contribution < -0.4 is 20.1 Å². The van der Waals surface area contributed by atoms with Gasteiger partial charge in [-0.15, -0.1) is 24.0 Å². The molecule has 3 unspecified atom stereocenters. The number of fused-ring (bicyclic) bond motifs is 2. The Balaban J connectivity index is 0.00000256. The molecule has 0 amide bonds. The van der Waals surface area contributed by atoms with Crippen LogP contribution in [0.4, 0.5) is 0 Å². The van der Waals surface area contributed by atoms with Gasteiger partial charge in [0.15, 0.2) is 5.96 Å². The van der Waals surface area contributed by atoms with Gasteiger partial charge < -0.3 is 24.8 Å². The van der Waals surface area contributed by atoms with Crippen molar-refractivity contribution < 1.29 is 14.2 Å².